The number of carbonyl (C=O) groups is 1. The molecule has 0 atom stereocenters. The van der Waals surface area contributed by atoms with Gasteiger partial charge >= 0.3 is 0 Å². The van der Waals surface area contributed by atoms with Crippen LogP contribution in [0.5, 0.6) is 0 Å². The summed E-state index contributed by atoms with van der Waals surface area (Å²) in [5.41, 5.74) is 1.29. The lowest BCUT2D eigenvalue weighted by molar-refractivity contribution is -0.116. The number of hydrogen-bond acceptors (Lipinski definition) is 6. The molecule has 2 aromatic carbocycles. The molecule has 2 aliphatic heterocycles. The van der Waals surface area contributed by atoms with Crippen molar-refractivity contribution in [2.75, 3.05) is 42.8 Å². The summed E-state index contributed by atoms with van der Waals surface area (Å²) < 4.78 is 52.3. The van der Waals surface area contributed by atoms with Crippen molar-refractivity contribution in [2.45, 2.75) is 11.3 Å². The van der Waals surface area contributed by atoms with Crippen molar-refractivity contribution in [3.63, 3.8) is 0 Å². The first kappa shape index (κ1) is 22.7. The molecule has 170 valence electrons. The molecule has 0 spiro atoms. The fraction of sp³-hybridized carbons (Fsp3) is 0.318. The molecule has 0 saturated carbocycles. The van der Waals surface area contributed by atoms with Gasteiger partial charge in [0.25, 0.3) is 0 Å². The first-order chi connectivity index (χ1) is 15.3. The number of piperazine rings is 1. The summed E-state index contributed by atoms with van der Waals surface area (Å²) in [6.45, 7) is 2.74. The normalized spacial score (nSPS) is 20.2. The number of hydrogen-bond donors (Lipinski definition) is 0. The van der Waals surface area contributed by atoms with Crippen LogP contribution in [-0.2, 0) is 24.8 Å². The number of anilines is 1. The maximum Gasteiger partial charge on any atom is 0.243 e. The summed E-state index contributed by atoms with van der Waals surface area (Å²) in [6, 6.07) is 15.5. The van der Waals surface area contributed by atoms with E-state index in [4.69, 9.17) is 0 Å². The zero-order valence-electron chi connectivity index (χ0n) is 17.5. The summed E-state index contributed by atoms with van der Waals surface area (Å²) >= 11 is 0. The van der Waals surface area contributed by atoms with Gasteiger partial charge < -0.3 is 0 Å². The van der Waals surface area contributed by atoms with Crippen molar-refractivity contribution in [3.05, 3.63) is 66.2 Å². The summed E-state index contributed by atoms with van der Waals surface area (Å²) in [5, 5.41) is 0. The number of rotatable bonds is 6. The summed E-state index contributed by atoms with van der Waals surface area (Å²) in [4.78, 5) is 14.2. The highest BCUT2D eigenvalue weighted by Crippen LogP contribution is 2.27. The average Bonchev–Trinajstić information content (AvgIpc) is 3.07. The minimum absolute atomic E-state index is 0.0623. The van der Waals surface area contributed by atoms with E-state index in [1.165, 1.54) is 28.6 Å². The van der Waals surface area contributed by atoms with E-state index in [2.05, 4.69) is 17.1 Å². The van der Waals surface area contributed by atoms with E-state index in [-0.39, 0.29) is 22.8 Å². The van der Waals surface area contributed by atoms with Gasteiger partial charge in [0.05, 0.1) is 16.3 Å². The van der Waals surface area contributed by atoms with Crippen LogP contribution < -0.4 is 4.31 Å². The van der Waals surface area contributed by atoms with E-state index < -0.39 is 26.0 Å². The third-order valence-electron chi connectivity index (χ3n) is 5.59. The molecule has 8 nitrogen and oxygen atoms in total. The molecule has 0 radical (unpaired) electrons. The zero-order chi connectivity index (χ0) is 22.8. The van der Waals surface area contributed by atoms with Crippen LogP contribution in [-0.4, -0.2) is 70.4 Å². The lowest BCUT2D eigenvalue weighted by atomic mass is 10.2. The SMILES string of the molecule is O=C1CCS(=O)(=O)N1c1ccc(S(=O)(=O)N2CCN(CC=Cc3ccccc3)CC2)cc1. The molecule has 2 heterocycles. The highest BCUT2D eigenvalue weighted by atomic mass is 32.2. The second-order valence-corrected chi connectivity index (χ2v) is 11.6. The lowest BCUT2D eigenvalue weighted by Crippen LogP contribution is -2.48. The van der Waals surface area contributed by atoms with Crippen LogP contribution in [0.15, 0.2) is 65.6 Å². The minimum Gasteiger partial charge on any atom is -0.297 e. The summed E-state index contributed by atoms with van der Waals surface area (Å²) in [5.74, 6) is -0.727. The standard InChI is InChI=1S/C22H25N3O5S2/c26-22-12-18-31(27,28)25(22)20-8-10-21(11-9-20)32(29,30)24-16-14-23(15-17-24)13-4-7-19-5-2-1-3-6-19/h1-11H,12-18H2. The Bertz CT molecular complexity index is 1200. The van der Waals surface area contributed by atoms with E-state index >= 15 is 0 Å². The molecule has 4 rings (SSSR count). The van der Waals surface area contributed by atoms with Crippen LogP contribution in [0.25, 0.3) is 6.08 Å². The first-order valence-corrected chi connectivity index (χ1v) is 13.4. The molecule has 2 fully saturated rings. The number of amides is 1. The fourth-order valence-corrected chi connectivity index (χ4v) is 6.71. The van der Waals surface area contributed by atoms with Gasteiger partial charge in [-0.05, 0) is 29.8 Å². The van der Waals surface area contributed by atoms with Crippen LogP contribution in [0, 0.1) is 0 Å². The van der Waals surface area contributed by atoms with Gasteiger partial charge in [0, 0.05) is 39.1 Å². The van der Waals surface area contributed by atoms with Crippen LogP contribution in [0.2, 0.25) is 0 Å². The Hall–Kier alpha value is -2.53. The zero-order valence-corrected chi connectivity index (χ0v) is 19.1. The molecule has 0 bridgehead atoms. The van der Waals surface area contributed by atoms with E-state index in [1.807, 2.05) is 30.3 Å². The molecule has 0 aliphatic carbocycles. The number of carbonyl (C=O) groups excluding carboxylic acids is 1. The van der Waals surface area contributed by atoms with Crippen LogP contribution >= 0.6 is 0 Å². The van der Waals surface area contributed by atoms with Crippen molar-refractivity contribution in [3.8, 4) is 0 Å². The Balaban J connectivity index is 1.37. The second-order valence-electron chi connectivity index (χ2n) is 7.74. The van der Waals surface area contributed by atoms with Crippen molar-refractivity contribution in [1.82, 2.24) is 9.21 Å². The van der Waals surface area contributed by atoms with Crippen LogP contribution in [0.3, 0.4) is 0 Å². The third-order valence-corrected chi connectivity index (χ3v) is 9.20. The molecular weight excluding hydrogens is 450 g/mol. The Morgan fingerprint density at radius 3 is 2.16 bits per heavy atom. The molecular formula is C22H25N3O5S2. The smallest absolute Gasteiger partial charge is 0.243 e. The molecule has 2 saturated heterocycles. The van der Waals surface area contributed by atoms with E-state index in [0.29, 0.717) is 26.2 Å². The minimum atomic E-state index is -3.70. The fourth-order valence-electron chi connectivity index (χ4n) is 3.83. The molecule has 2 aliphatic rings. The van der Waals surface area contributed by atoms with Crippen molar-refractivity contribution < 1.29 is 21.6 Å². The van der Waals surface area contributed by atoms with E-state index in [0.717, 1.165) is 16.4 Å². The van der Waals surface area contributed by atoms with Crippen LogP contribution in [0.4, 0.5) is 5.69 Å². The Kier molecular flexibility index (Phi) is 6.47. The van der Waals surface area contributed by atoms with Crippen LogP contribution in [0.1, 0.15) is 12.0 Å². The number of sulfonamides is 2. The third kappa shape index (κ3) is 4.78. The van der Waals surface area contributed by atoms with Gasteiger partial charge in [0.1, 0.15) is 0 Å². The first-order valence-electron chi connectivity index (χ1n) is 10.4. The Morgan fingerprint density at radius 1 is 0.906 bits per heavy atom. The van der Waals surface area contributed by atoms with Gasteiger partial charge in [-0.25, -0.2) is 21.1 Å². The van der Waals surface area contributed by atoms with Crippen molar-refractivity contribution in [1.29, 1.82) is 0 Å². The maximum absolute atomic E-state index is 13.0. The lowest BCUT2D eigenvalue weighted by Gasteiger charge is -2.33. The van der Waals surface area contributed by atoms with Crippen molar-refractivity contribution in [2.24, 2.45) is 0 Å². The van der Waals surface area contributed by atoms with Gasteiger partial charge in [-0.2, -0.15) is 4.31 Å². The highest BCUT2D eigenvalue weighted by Gasteiger charge is 2.36. The van der Waals surface area contributed by atoms with Gasteiger partial charge in [0.2, 0.25) is 26.0 Å². The average molecular weight is 476 g/mol. The topological polar surface area (TPSA) is 95.1 Å². The quantitative estimate of drug-likeness (QED) is 0.632. The Morgan fingerprint density at radius 2 is 1.56 bits per heavy atom. The number of benzene rings is 2. The highest BCUT2D eigenvalue weighted by molar-refractivity contribution is 7.94. The van der Waals surface area contributed by atoms with E-state index in [9.17, 15) is 21.6 Å². The predicted molar refractivity (Wildman–Crippen MR) is 123 cm³/mol. The van der Waals surface area contributed by atoms with Gasteiger partial charge in [-0.15, -0.1) is 0 Å². The molecule has 10 heteroatoms. The molecule has 0 N–H and O–H groups in total. The van der Waals surface area contributed by atoms with Gasteiger partial charge in [-0.3, -0.25) is 9.69 Å². The second kappa shape index (κ2) is 9.14. The monoisotopic (exact) mass is 475 g/mol. The Labute approximate surface area is 188 Å². The summed E-state index contributed by atoms with van der Waals surface area (Å²) in [7, 11) is -7.37. The predicted octanol–water partition coefficient (Wildman–Crippen LogP) is 1.77. The van der Waals surface area contributed by atoms with Gasteiger partial charge in [-0.1, -0.05) is 42.5 Å². The molecule has 2 aromatic rings. The maximum atomic E-state index is 13.0. The molecule has 1 amide bonds. The molecule has 32 heavy (non-hydrogen) atoms. The van der Waals surface area contributed by atoms with Crippen molar-refractivity contribution >= 4 is 37.7 Å². The number of nitrogens with zero attached hydrogens (tertiary/aromatic N) is 3. The van der Waals surface area contributed by atoms with E-state index in [1.54, 1.807) is 0 Å². The van der Waals surface area contributed by atoms with Gasteiger partial charge in [0.15, 0.2) is 0 Å². The molecule has 0 unspecified atom stereocenters. The molecule has 0 aromatic heterocycles. The summed E-state index contributed by atoms with van der Waals surface area (Å²) in [6.07, 6.45) is 4.06. The largest absolute Gasteiger partial charge is 0.297 e.